The van der Waals surface area contributed by atoms with E-state index in [1.54, 1.807) is 0 Å². The van der Waals surface area contributed by atoms with Gasteiger partial charge in [0.2, 0.25) is 0 Å². The molecule has 2 heterocycles. The number of aromatic nitrogens is 2. The average Bonchev–Trinajstić information content (AvgIpc) is 2.62. The van der Waals surface area contributed by atoms with Gasteiger partial charge in [-0.3, -0.25) is 9.97 Å². The van der Waals surface area contributed by atoms with Crippen LogP contribution < -0.4 is 0 Å². The van der Waals surface area contributed by atoms with Crippen LogP contribution >= 0.6 is 0 Å². The van der Waals surface area contributed by atoms with Gasteiger partial charge in [-0.15, -0.1) is 0 Å². The van der Waals surface area contributed by atoms with E-state index in [1.807, 2.05) is 36.7 Å². The second kappa shape index (κ2) is 5.41. The zero-order valence-corrected chi connectivity index (χ0v) is 12.0. The Hall–Kier alpha value is -3.00. The van der Waals surface area contributed by atoms with Gasteiger partial charge in [0.1, 0.15) is 0 Å². The van der Waals surface area contributed by atoms with Crippen molar-refractivity contribution in [2.24, 2.45) is 0 Å². The van der Waals surface area contributed by atoms with Crippen LogP contribution in [0, 0.1) is 0 Å². The normalized spacial score (nSPS) is 10.7. The van der Waals surface area contributed by atoms with Crippen LogP contribution in [0.5, 0.6) is 0 Å². The lowest BCUT2D eigenvalue weighted by Crippen LogP contribution is -1.85. The van der Waals surface area contributed by atoms with Gasteiger partial charge in [-0.05, 0) is 41.5 Å². The van der Waals surface area contributed by atoms with E-state index in [9.17, 15) is 0 Å². The quantitative estimate of drug-likeness (QED) is 0.519. The fourth-order valence-electron chi connectivity index (χ4n) is 2.64. The van der Waals surface area contributed by atoms with Crippen molar-refractivity contribution in [3.8, 4) is 22.4 Å². The van der Waals surface area contributed by atoms with Crippen molar-refractivity contribution in [1.29, 1.82) is 0 Å². The smallest absolute Gasteiger partial charge is 0.0708 e. The molecule has 0 bridgehead atoms. The Labute approximate surface area is 129 Å². The summed E-state index contributed by atoms with van der Waals surface area (Å²) in [7, 11) is 0. The predicted octanol–water partition coefficient (Wildman–Crippen LogP) is 4.96. The van der Waals surface area contributed by atoms with Crippen molar-refractivity contribution in [3.05, 3.63) is 85.2 Å². The van der Waals surface area contributed by atoms with Gasteiger partial charge in [-0.25, -0.2) is 0 Å². The molecule has 0 fully saturated rings. The molecule has 0 aliphatic carbocycles. The van der Waals surface area contributed by atoms with Crippen molar-refractivity contribution in [2.75, 3.05) is 0 Å². The highest BCUT2D eigenvalue weighted by molar-refractivity contribution is 5.84. The van der Waals surface area contributed by atoms with Crippen molar-refractivity contribution >= 4 is 10.9 Å². The molecule has 2 aromatic carbocycles. The van der Waals surface area contributed by atoms with E-state index in [1.165, 1.54) is 11.1 Å². The molecule has 4 aromatic rings. The van der Waals surface area contributed by atoms with Crippen LogP contribution in [0.3, 0.4) is 0 Å². The maximum Gasteiger partial charge on any atom is 0.0708 e. The minimum absolute atomic E-state index is 0.989. The zero-order chi connectivity index (χ0) is 14.8. The van der Waals surface area contributed by atoms with Gasteiger partial charge in [0, 0.05) is 23.3 Å². The first-order chi connectivity index (χ1) is 10.9. The van der Waals surface area contributed by atoms with E-state index in [-0.39, 0.29) is 0 Å². The fourth-order valence-corrected chi connectivity index (χ4v) is 2.64. The Kier molecular flexibility index (Phi) is 3.13. The standard InChI is InChI=1S/C20H14N2/c1-2-11-21-19(8-1)18-6-3-5-16(13-18)17-10-9-15-7-4-12-22-20(15)14-17/h1-14H. The van der Waals surface area contributed by atoms with Crippen molar-refractivity contribution in [2.45, 2.75) is 0 Å². The summed E-state index contributed by atoms with van der Waals surface area (Å²) in [5.74, 6) is 0. The lowest BCUT2D eigenvalue weighted by atomic mass is 10.0. The largest absolute Gasteiger partial charge is 0.256 e. The molecule has 0 spiro atoms. The van der Waals surface area contributed by atoms with Crippen LogP contribution in [0.2, 0.25) is 0 Å². The Morgan fingerprint density at radius 3 is 2.32 bits per heavy atom. The number of fused-ring (bicyclic) bond motifs is 1. The molecule has 0 aliphatic rings. The van der Waals surface area contributed by atoms with E-state index in [0.717, 1.165) is 22.2 Å². The molecular weight excluding hydrogens is 268 g/mol. The van der Waals surface area contributed by atoms with Crippen LogP contribution in [0.1, 0.15) is 0 Å². The van der Waals surface area contributed by atoms with Crippen molar-refractivity contribution < 1.29 is 0 Å². The Morgan fingerprint density at radius 1 is 0.545 bits per heavy atom. The summed E-state index contributed by atoms with van der Waals surface area (Å²) in [6, 6.07) is 24.9. The van der Waals surface area contributed by atoms with E-state index in [4.69, 9.17) is 0 Å². The van der Waals surface area contributed by atoms with E-state index in [0.29, 0.717) is 0 Å². The highest BCUT2D eigenvalue weighted by Crippen LogP contribution is 2.27. The van der Waals surface area contributed by atoms with Crippen molar-refractivity contribution in [1.82, 2.24) is 9.97 Å². The summed E-state index contributed by atoms with van der Waals surface area (Å²) in [6.45, 7) is 0. The predicted molar refractivity (Wildman–Crippen MR) is 90.4 cm³/mol. The first-order valence-corrected chi connectivity index (χ1v) is 7.27. The number of benzene rings is 2. The third-order valence-corrected chi connectivity index (χ3v) is 3.76. The first kappa shape index (κ1) is 12.7. The minimum atomic E-state index is 0.989. The van der Waals surface area contributed by atoms with Crippen LogP contribution in [0.15, 0.2) is 85.2 Å². The molecule has 0 amide bonds. The van der Waals surface area contributed by atoms with E-state index < -0.39 is 0 Å². The number of nitrogens with zero attached hydrogens (tertiary/aromatic N) is 2. The van der Waals surface area contributed by atoms with Gasteiger partial charge in [-0.1, -0.05) is 42.5 Å². The highest BCUT2D eigenvalue weighted by Gasteiger charge is 2.03. The molecule has 0 saturated heterocycles. The molecule has 2 heteroatoms. The van der Waals surface area contributed by atoms with Gasteiger partial charge in [-0.2, -0.15) is 0 Å². The molecule has 104 valence electrons. The van der Waals surface area contributed by atoms with Gasteiger partial charge >= 0.3 is 0 Å². The molecule has 0 aliphatic heterocycles. The second-order valence-corrected chi connectivity index (χ2v) is 5.21. The molecule has 2 nitrogen and oxygen atoms in total. The SMILES string of the molecule is c1ccc(-c2cccc(-c3ccc4cccnc4c3)c2)nc1. The molecule has 0 atom stereocenters. The Balaban J connectivity index is 1.81. The highest BCUT2D eigenvalue weighted by atomic mass is 14.7. The first-order valence-electron chi connectivity index (χ1n) is 7.27. The summed E-state index contributed by atoms with van der Waals surface area (Å²) in [5, 5.41) is 1.16. The van der Waals surface area contributed by atoms with Crippen molar-refractivity contribution in [3.63, 3.8) is 0 Å². The summed E-state index contributed by atoms with van der Waals surface area (Å²) in [5.41, 5.74) is 5.48. The molecule has 2 aromatic heterocycles. The maximum atomic E-state index is 4.44. The Bertz CT molecular complexity index is 930. The fraction of sp³-hybridized carbons (Fsp3) is 0. The van der Waals surface area contributed by atoms with Gasteiger partial charge in [0.25, 0.3) is 0 Å². The molecular formula is C20H14N2. The lowest BCUT2D eigenvalue weighted by Gasteiger charge is -2.06. The topological polar surface area (TPSA) is 25.8 Å². The summed E-state index contributed by atoms with van der Waals surface area (Å²) < 4.78 is 0. The zero-order valence-electron chi connectivity index (χ0n) is 12.0. The third kappa shape index (κ3) is 2.35. The molecule has 22 heavy (non-hydrogen) atoms. The van der Waals surface area contributed by atoms with E-state index >= 15 is 0 Å². The summed E-state index contributed by atoms with van der Waals surface area (Å²) >= 11 is 0. The molecule has 0 unspecified atom stereocenters. The number of hydrogen-bond acceptors (Lipinski definition) is 2. The monoisotopic (exact) mass is 282 g/mol. The summed E-state index contributed by atoms with van der Waals surface area (Å²) in [6.07, 6.45) is 3.65. The molecule has 0 saturated carbocycles. The van der Waals surface area contributed by atoms with E-state index in [2.05, 4.69) is 58.5 Å². The van der Waals surface area contributed by atoms with Gasteiger partial charge in [0.05, 0.1) is 11.2 Å². The van der Waals surface area contributed by atoms with Crippen LogP contribution in [-0.4, -0.2) is 9.97 Å². The maximum absolute atomic E-state index is 4.44. The number of pyridine rings is 2. The lowest BCUT2D eigenvalue weighted by molar-refractivity contribution is 1.33. The van der Waals surface area contributed by atoms with Gasteiger partial charge < -0.3 is 0 Å². The number of hydrogen-bond donors (Lipinski definition) is 0. The minimum Gasteiger partial charge on any atom is -0.256 e. The Morgan fingerprint density at radius 2 is 1.41 bits per heavy atom. The third-order valence-electron chi connectivity index (χ3n) is 3.76. The van der Waals surface area contributed by atoms with Crippen LogP contribution in [0.25, 0.3) is 33.3 Å². The molecule has 4 rings (SSSR count). The second-order valence-electron chi connectivity index (χ2n) is 5.21. The van der Waals surface area contributed by atoms with Crippen LogP contribution in [0.4, 0.5) is 0 Å². The number of rotatable bonds is 2. The molecule has 0 N–H and O–H groups in total. The van der Waals surface area contributed by atoms with Crippen LogP contribution in [-0.2, 0) is 0 Å². The average molecular weight is 282 g/mol. The van der Waals surface area contributed by atoms with Gasteiger partial charge in [0.15, 0.2) is 0 Å². The molecule has 0 radical (unpaired) electrons. The summed E-state index contributed by atoms with van der Waals surface area (Å²) in [4.78, 5) is 8.86.